The topological polar surface area (TPSA) is 62.6 Å². The summed E-state index contributed by atoms with van der Waals surface area (Å²) in [7, 11) is 3.14. The standard InChI is InChI=1S/C18H18N2O4/c1-22-15-6-3-7-16(23-2)17(15)24-12-11-20-10-8-14-13(18(20)21)5-4-9-19-14/h3-10H,11-12H2,1-2H3. The highest BCUT2D eigenvalue weighted by Gasteiger charge is 2.11. The van der Waals surface area contributed by atoms with E-state index in [9.17, 15) is 4.79 Å². The average Bonchev–Trinajstić information content (AvgIpc) is 2.63. The summed E-state index contributed by atoms with van der Waals surface area (Å²) in [5.41, 5.74) is 0.599. The molecule has 0 aliphatic rings. The highest BCUT2D eigenvalue weighted by atomic mass is 16.5. The number of methoxy groups -OCH3 is 2. The highest BCUT2D eigenvalue weighted by molar-refractivity contribution is 5.76. The molecule has 24 heavy (non-hydrogen) atoms. The summed E-state index contributed by atoms with van der Waals surface area (Å²) in [5, 5.41) is 0.592. The summed E-state index contributed by atoms with van der Waals surface area (Å²) >= 11 is 0. The Morgan fingerprint density at radius 3 is 2.50 bits per heavy atom. The fourth-order valence-electron chi connectivity index (χ4n) is 2.50. The van der Waals surface area contributed by atoms with Crippen molar-refractivity contribution in [3.8, 4) is 17.2 Å². The summed E-state index contributed by atoms with van der Waals surface area (Å²) in [6, 6.07) is 10.8. The molecule has 0 saturated heterocycles. The molecule has 0 amide bonds. The lowest BCUT2D eigenvalue weighted by molar-refractivity contribution is 0.262. The van der Waals surface area contributed by atoms with E-state index < -0.39 is 0 Å². The van der Waals surface area contributed by atoms with Crippen molar-refractivity contribution >= 4 is 10.9 Å². The van der Waals surface area contributed by atoms with Crippen LogP contribution in [0.1, 0.15) is 0 Å². The van der Waals surface area contributed by atoms with Gasteiger partial charge in [0.2, 0.25) is 5.75 Å². The normalized spacial score (nSPS) is 10.6. The van der Waals surface area contributed by atoms with Gasteiger partial charge in [-0.1, -0.05) is 6.07 Å². The Bertz CT molecular complexity index is 883. The number of hydrogen-bond acceptors (Lipinski definition) is 5. The van der Waals surface area contributed by atoms with E-state index in [4.69, 9.17) is 14.2 Å². The molecule has 2 aromatic heterocycles. The number of hydrogen-bond donors (Lipinski definition) is 0. The summed E-state index contributed by atoms with van der Waals surface area (Å²) in [4.78, 5) is 16.6. The molecule has 0 fully saturated rings. The van der Waals surface area contributed by atoms with Crippen molar-refractivity contribution in [3.63, 3.8) is 0 Å². The highest BCUT2D eigenvalue weighted by Crippen LogP contribution is 2.36. The Labute approximate surface area is 139 Å². The second kappa shape index (κ2) is 7.04. The van der Waals surface area contributed by atoms with E-state index in [-0.39, 0.29) is 5.56 Å². The van der Waals surface area contributed by atoms with Crippen LogP contribution in [-0.4, -0.2) is 30.4 Å². The minimum atomic E-state index is -0.0869. The third-order valence-electron chi connectivity index (χ3n) is 3.70. The Balaban J connectivity index is 1.78. The van der Waals surface area contributed by atoms with Crippen molar-refractivity contribution in [3.05, 3.63) is 59.1 Å². The van der Waals surface area contributed by atoms with Crippen LogP contribution < -0.4 is 19.8 Å². The number of aromatic nitrogens is 2. The number of ether oxygens (including phenoxy) is 3. The zero-order valence-corrected chi connectivity index (χ0v) is 13.6. The van der Waals surface area contributed by atoms with E-state index in [2.05, 4.69) is 4.98 Å². The largest absolute Gasteiger partial charge is 0.493 e. The number of para-hydroxylation sites is 1. The number of benzene rings is 1. The first-order valence-corrected chi connectivity index (χ1v) is 7.52. The van der Waals surface area contributed by atoms with Gasteiger partial charge in [0.05, 0.1) is 31.7 Å². The van der Waals surface area contributed by atoms with Crippen LogP contribution in [0.25, 0.3) is 10.9 Å². The molecule has 0 radical (unpaired) electrons. The minimum Gasteiger partial charge on any atom is -0.493 e. The van der Waals surface area contributed by atoms with Gasteiger partial charge in [-0.2, -0.15) is 0 Å². The monoisotopic (exact) mass is 326 g/mol. The van der Waals surface area contributed by atoms with Gasteiger partial charge >= 0.3 is 0 Å². The van der Waals surface area contributed by atoms with Crippen molar-refractivity contribution in [1.82, 2.24) is 9.55 Å². The summed E-state index contributed by atoms with van der Waals surface area (Å²) in [6.45, 7) is 0.716. The van der Waals surface area contributed by atoms with Gasteiger partial charge in [0, 0.05) is 12.4 Å². The first kappa shape index (κ1) is 15.9. The van der Waals surface area contributed by atoms with Crippen LogP contribution >= 0.6 is 0 Å². The Morgan fingerprint density at radius 1 is 1.04 bits per heavy atom. The lowest BCUT2D eigenvalue weighted by atomic mass is 10.2. The van der Waals surface area contributed by atoms with E-state index in [1.807, 2.05) is 12.1 Å². The maximum absolute atomic E-state index is 12.4. The van der Waals surface area contributed by atoms with Crippen molar-refractivity contribution in [2.75, 3.05) is 20.8 Å². The van der Waals surface area contributed by atoms with Crippen LogP contribution in [0.15, 0.2) is 53.6 Å². The van der Waals surface area contributed by atoms with E-state index in [0.717, 1.165) is 0 Å². The number of rotatable bonds is 6. The van der Waals surface area contributed by atoms with Crippen molar-refractivity contribution in [1.29, 1.82) is 0 Å². The molecule has 0 bridgehead atoms. The third-order valence-corrected chi connectivity index (χ3v) is 3.70. The van der Waals surface area contributed by atoms with Crippen molar-refractivity contribution in [2.24, 2.45) is 0 Å². The smallest absolute Gasteiger partial charge is 0.260 e. The molecule has 0 unspecified atom stereocenters. The van der Waals surface area contributed by atoms with Crippen LogP contribution in [0.5, 0.6) is 17.2 Å². The molecule has 0 atom stereocenters. The van der Waals surface area contributed by atoms with Crippen LogP contribution in [0.3, 0.4) is 0 Å². The number of fused-ring (bicyclic) bond motifs is 1. The summed E-state index contributed by atoms with van der Waals surface area (Å²) in [6.07, 6.45) is 3.39. The SMILES string of the molecule is COc1cccc(OC)c1OCCn1ccc2ncccc2c1=O. The maximum Gasteiger partial charge on any atom is 0.260 e. The molecule has 6 nitrogen and oxygen atoms in total. The number of nitrogens with zero attached hydrogens (tertiary/aromatic N) is 2. The van der Waals surface area contributed by atoms with E-state index in [0.29, 0.717) is 41.3 Å². The Hall–Kier alpha value is -3.02. The molecule has 0 N–H and O–H groups in total. The molecule has 0 aliphatic heterocycles. The zero-order valence-electron chi connectivity index (χ0n) is 13.6. The lowest BCUT2D eigenvalue weighted by Gasteiger charge is -2.14. The van der Waals surface area contributed by atoms with Crippen LogP contribution in [-0.2, 0) is 6.54 Å². The molecule has 0 aliphatic carbocycles. The molecule has 6 heteroatoms. The molecule has 1 aromatic carbocycles. The van der Waals surface area contributed by atoms with Gasteiger partial charge in [0.15, 0.2) is 11.5 Å². The minimum absolute atomic E-state index is 0.0869. The molecule has 0 saturated carbocycles. The zero-order chi connectivity index (χ0) is 16.9. The van der Waals surface area contributed by atoms with E-state index in [1.165, 1.54) is 0 Å². The van der Waals surface area contributed by atoms with Crippen molar-refractivity contribution < 1.29 is 14.2 Å². The predicted octanol–water partition coefficient (Wildman–Crippen LogP) is 2.49. The molecular weight excluding hydrogens is 308 g/mol. The van der Waals surface area contributed by atoms with Crippen LogP contribution in [0, 0.1) is 0 Å². The van der Waals surface area contributed by atoms with Gasteiger partial charge in [0.1, 0.15) is 6.61 Å². The van der Waals surface area contributed by atoms with Gasteiger partial charge in [-0.05, 0) is 30.3 Å². The van der Waals surface area contributed by atoms with Gasteiger partial charge in [0.25, 0.3) is 5.56 Å². The van der Waals surface area contributed by atoms with E-state index in [1.54, 1.807) is 55.4 Å². The van der Waals surface area contributed by atoms with Crippen LogP contribution in [0.2, 0.25) is 0 Å². The first-order chi connectivity index (χ1) is 11.7. The Kier molecular flexibility index (Phi) is 4.65. The fraction of sp³-hybridized carbons (Fsp3) is 0.222. The maximum atomic E-state index is 12.4. The average molecular weight is 326 g/mol. The quantitative estimate of drug-likeness (QED) is 0.696. The first-order valence-electron chi connectivity index (χ1n) is 7.52. The van der Waals surface area contributed by atoms with E-state index >= 15 is 0 Å². The fourth-order valence-corrected chi connectivity index (χ4v) is 2.50. The molecule has 0 spiro atoms. The predicted molar refractivity (Wildman–Crippen MR) is 91.0 cm³/mol. The van der Waals surface area contributed by atoms with Gasteiger partial charge in [-0.3, -0.25) is 9.78 Å². The molecule has 3 rings (SSSR count). The second-order valence-electron chi connectivity index (χ2n) is 5.09. The third kappa shape index (κ3) is 3.03. The molecule has 3 aromatic rings. The molecular formula is C18H18N2O4. The van der Waals surface area contributed by atoms with Gasteiger partial charge in [-0.25, -0.2) is 0 Å². The Morgan fingerprint density at radius 2 is 1.79 bits per heavy atom. The summed E-state index contributed by atoms with van der Waals surface area (Å²) in [5.74, 6) is 1.70. The summed E-state index contributed by atoms with van der Waals surface area (Å²) < 4.78 is 18.0. The van der Waals surface area contributed by atoms with Crippen molar-refractivity contribution in [2.45, 2.75) is 6.54 Å². The van der Waals surface area contributed by atoms with Gasteiger partial charge in [-0.15, -0.1) is 0 Å². The molecule has 124 valence electrons. The van der Waals surface area contributed by atoms with Gasteiger partial charge < -0.3 is 18.8 Å². The second-order valence-corrected chi connectivity index (χ2v) is 5.09. The molecule has 2 heterocycles. The van der Waals surface area contributed by atoms with Crippen LogP contribution in [0.4, 0.5) is 0 Å². The number of pyridine rings is 2. The lowest BCUT2D eigenvalue weighted by Crippen LogP contribution is -2.22.